The fraction of sp³-hybridized carbons (Fsp3) is 0.286. The molecule has 1 heterocycles. The van der Waals surface area contributed by atoms with Gasteiger partial charge in [-0.2, -0.15) is 0 Å². The van der Waals surface area contributed by atoms with Gasteiger partial charge in [0.2, 0.25) is 0 Å². The molecule has 100 valence electrons. The number of aryl methyl sites for hydroxylation is 1. The fourth-order valence-corrected chi connectivity index (χ4v) is 3.10. The second-order valence-corrected chi connectivity index (χ2v) is 5.95. The lowest BCUT2D eigenvalue weighted by Gasteiger charge is -2.12. The maximum atomic E-state index is 13.1. The molecule has 19 heavy (non-hydrogen) atoms. The highest BCUT2D eigenvalue weighted by molar-refractivity contribution is 9.10. The van der Waals surface area contributed by atoms with Crippen LogP contribution in [0.2, 0.25) is 0 Å². The van der Waals surface area contributed by atoms with Crippen LogP contribution in [0.3, 0.4) is 0 Å². The highest BCUT2D eigenvalue weighted by Gasteiger charge is 2.12. The van der Waals surface area contributed by atoms with Crippen LogP contribution in [0.4, 0.5) is 4.39 Å². The van der Waals surface area contributed by atoms with E-state index < -0.39 is 0 Å². The molecule has 2 nitrogen and oxygen atoms in total. The zero-order valence-electron chi connectivity index (χ0n) is 10.9. The molecule has 1 aromatic carbocycles. The van der Waals surface area contributed by atoms with Gasteiger partial charge in [-0.15, -0.1) is 0 Å². The van der Waals surface area contributed by atoms with Crippen molar-refractivity contribution in [3.05, 3.63) is 44.4 Å². The van der Waals surface area contributed by atoms with Crippen molar-refractivity contribution in [1.82, 2.24) is 9.97 Å². The highest BCUT2D eigenvalue weighted by Crippen LogP contribution is 2.28. The lowest BCUT2D eigenvalue weighted by atomic mass is 10.0. The smallest absolute Gasteiger partial charge is 0.140 e. The predicted molar refractivity (Wildman–Crippen MR) is 81.3 cm³/mol. The van der Waals surface area contributed by atoms with E-state index in [1.165, 1.54) is 12.1 Å². The summed E-state index contributed by atoms with van der Waals surface area (Å²) in [7, 11) is 0. The Morgan fingerprint density at radius 3 is 2.58 bits per heavy atom. The van der Waals surface area contributed by atoms with Crippen LogP contribution < -0.4 is 0 Å². The fourth-order valence-electron chi connectivity index (χ4n) is 2.08. The molecule has 0 fully saturated rings. The molecule has 0 radical (unpaired) electrons. The largest absolute Gasteiger partial charge is 0.343 e. The van der Waals surface area contributed by atoms with Crippen molar-refractivity contribution in [3.8, 4) is 11.4 Å². The number of rotatable bonds is 2. The Morgan fingerprint density at radius 2 is 2.05 bits per heavy atom. The summed E-state index contributed by atoms with van der Waals surface area (Å²) in [5, 5.41) is 0. The summed E-state index contributed by atoms with van der Waals surface area (Å²) in [5.74, 6) is 0.686. The van der Waals surface area contributed by atoms with E-state index in [1.54, 1.807) is 6.07 Å². The van der Waals surface area contributed by atoms with Gasteiger partial charge in [-0.1, -0.05) is 26.1 Å². The molecule has 0 aliphatic carbocycles. The third-order valence-corrected chi connectivity index (χ3v) is 3.88. The zero-order chi connectivity index (χ0) is 14.2. The van der Waals surface area contributed by atoms with Gasteiger partial charge in [0.15, 0.2) is 0 Å². The first-order chi connectivity index (χ1) is 8.90. The Bertz CT molecular complexity index is 680. The number of hydrogen-bond donors (Lipinski definition) is 1. The lowest BCUT2D eigenvalue weighted by Crippen LogP contribution is -2.02. The Kier molecular flexibility index (Phi) is 4.16. The van der Waals surface area contributed by atoms with Crippen LogP contribution in [0.15, 0.2) is 22.7 Å². The monoisotopic (exact) mass is 340 g/mol. The molecule has 0 unspecified atom stereocenters. The minimum Gasteiger partial charge on any atom is -0.343 e. The number of nitrogens with one attached hydrogen (secondary N) is 1. The number of benzene rings is 1. The van der Waals surface area contributed by atoms with Gasteiger partial charge >= 0.3 is 0 Å². The highest BCUT2D eigenvalue weighted by atomic mass is 79.9. The third-order valence-electron chi connectivity index (χ3n) is 2.92. The molecular weight excluding hydrogens is 327 g/mol. The Labute approximate surface area is 125 Å². The average Bonchev–Trinajstić information content (AvgIpc) is 2.26. The molecule has 5 heteroatoms. The van der Waals surface area contributed by atoms with Crippen molar-refractivity contribution in [2.24, 2.45) is 0 Å². The van der Waals surface area contributed by atoms with E-state index in [2.05, 4.69) is 39.7 Å². The van der Waals surface area contributed by atoms with Gasteiger partial charge in [-0.25, -0.2) is 9.37 Å². The van der Waals surface area contributed by atoms with Crippen LogP contribution in [-0.2, 0) is 0 Å². The summed E-state index contributed by atoms with van der Waals surface area (Å²) in [6.07, 6.45) is 0. The molecule has 0 aliphatic rings. The van der Waals surface area contributed by atoms with Crippen LogP contribution in [0.5, 0.6) is 0 Å². The predicted octanol–water partition coefficient (Wildman–Crippen LogP) is 5.14. The van der Waals surface area contributed by atoms with Crippen molar-refractivity contribution in [2.45, 2.75) is 26.7 Å². The molecular formula is C14H14BrFN2S. The molecule has 1 aromatic heterocycles. The molecule has 0 amide bonds. The molecule has 0 aliphatic heterocycles. The van der Waals surface area contributed by atoms with Crippen molar-refractivity contribution in [2.75, 3.05) is 0 Å². The van der Waals surface area contributed by atoms with Gasteiger partial charge < -0.3 is 4.98 Å². The minimum absolute atomic E-state index is 0.287. The molecule has 1 N–H and O–H groups in total. The SMILES string of the molecule is Cc1[nH]c(-c2ccc(F)cc2Br)nc(=S)c1C(C)C. The number of H-pyrrole nitrogens is 1. The van der Waals surface area contributed by atoms with Crippen LogP contribution in [-0.4, -0.2) is 9.97 Å². The van der Waals surface area contributed by atoms with Gasteiger partial charge in [-0.3, -0.25) is 0 Å². The summed E-state index contributed by atoms with van der Waals surface area (Å²) in [6, 6.07) is 4.51. The molecule has 0 saturated carbocycles. The quantitative estimate of drug-likeness (QED) is 0.766. The summed E-state index contributed by atoms with van der Waals surface area (Å²) in [6.45, 7) is 6.15. The molecule has 0 saturated heterocycles. The van der Waals surface area contributed by atoms with Gasteiger partial charge in [0.05, 0.1) is 0 Å². The van der Waals surface area contributed by atoms with E-state index in [0.717, 1.165) is 16.8 Å². The van der Waals surface area contributed by atoms with Crippen LogP contribution in [0, 0.1) is 17.4 Å². The van der Waals surface area contributed by atoms with Gasteiger partial charge in [0.25, 0.3) is 0 Å². The van der Waals surface area contributed by atoms with E-state index in [-0.39, 0.29) is 5.82 Å². The summed E-state index contributed by atoms with van der Waals surface area (Å²) < 4.78 is 14.4. The summed E-state index contributed by atoms with van der Waals surface area (Å²) in [4.78, 5) is 7.67. The first-order valence-electron chi connectivity index (χ1n) is 5.96. The molecule has 2 rings (SSSR count). The standard InChI is InChI=1S/C14H14BrFN2S/c1-7(2)12-8(3)17-13(18-14(12)19)10-5-4-9(16)6-11(10)15/h4-7H,1-3H3,(H,17,18,19). The van der Waals surface area contributed by atoms with Gasteiger partial charge in [-0.05, 0) is 47.0 Å². The number of hydrogen-bond acceptors (Lipinski definition) is 2. The normalized spacial score (nSPS) is 11.1. The van der Waals surface area contributed by atoms with Crippen LogP contribution >= 0.6 is 28.1 Å². The zero-order valence-corrected chi connectivity index (χ0v) is 13.3. The third kappa shape index (κ3) is 2.92. The van der Waals surface area contributed by atoms with E-state index in [0.29, 0.717) is 20.9 Å². The Balaban J connectivity index is 2.62. The minimum atomic E-state index is -0.287. The number of aromatic amines is 1. The first-order valence-corrected chi connectivity index (χ1v) is 7.16. The number of halogens is 2. The lowest BCUT2D eigenvalue weighted by molar-refractivity contribution is 0.627. The first kappa shape index (κ1) is 14.3. The average molecular weight is 341 g/mol. The summed E-state index contributed by atoms with van der Waals surface area (Å²) >= 11 is 8.70. The van der Waals surface area contributed by atoms with E-state index in [4.69, 9.17) is 12.2 Å². The van der Waals surface area contributed by atoms with E-state index >= 15 is 0 Å². The second kappa shape index (κ2) is 5.51. The van der Waals surface area contributed by atoms with Gasteiger partial charge in [0, 0.05) is 21.3 Å². The molecule has 0 bridgehead atoms. The topological polar surface area (TPSA) is 28.7 Å². The number of aromatic nitrogens is 2. The number of nitrogens with zero attached hydrogens (tertiary/aromatic N) is 1. The van der Waals surface area contributed by atoms with Crippen LogP contribution in [0.1, 0.15) is 31.0 Å². The van der Waals surface area contributed by atoms with Crippen molar-refractivity contribution in [1.29, 1.82) is 0 Å². The van der Waals surface area contributed by atoms with Crippen molar-refractivity contribution in [3.63, 3.8) is 0 Å². The van der Waals surface area contributed by atoms with E-state index in [9.17, 15) is 4.39 Å². The Morgan fingerprint density at radius 1 is 1.37 bits per heavy atom. The molecule has 0 atom stereocenters. The summed E-state index contributed by atoms with van der Waals surface area (Å²) in [5.41, 5.74) is 2.85. The van der Waals surface area contributed by atoms with Crippen LogP contribution in [0.25, 0.3) is 11.4 Å². The molecule has 0 spiro atoms. The second-order valence-electron chi connectivity index (χ2n) is 4.71. The maximum absolute atomic E-state index is 13.1. The maximum Gasteiger partial charge on any atom is 0.140 e. The Hall–Kier alpha value is -1.07. The van der Waals surface area contributed by atoms with Crippen molar-refractivity contribution >= 4 is 28.1 Å². The van der Waals surface area contributed by atoms with E-state index in [1.807, 2.05) is 6.92 Å². The molecule has 2 aromatic rings. The van der Waals surface area contributed by atoms with Crippen molar-refractivity contribution < 1.29 is 4.39 Å². The van der Waals surface area contributed by atoms with Gasteiger partial charge in [0.1, 0.15) is 16.3 Å².